The van der Waals surface area contributed by atoms with Gasteiger partial charge in [0, 0.05) is 10.4 Å². The minimum Gasteiger partial charge on any atom is -0.495 e. The molecule has 0 radical (unpaired) electrons. The molecule has 2 aromatic carbocycles. The Morgan fingerprint density at radius 2 is 2.00 bits per heavy atom. The second kappa shape index (κ2) is 8.67. The Morgan fingerprint density at radius 3 is 2.72 bits per heavy atom. The lowest BCUT2D eigenvalue weighted by molar-refractivity contribution is 0.415. The first-order valence-electron chi connectivity index (χ1n) is 9.67. The van der Waals surface area contributed by atoms with Gasteiger partial charge in [-0.25, -0.2) is 4.98 Å². The molecule has 4 rings (SSSR count). The van der Waals surface area contributed by atoms with Gasteiger partial charge in [0.2, 0.25) is 0 Å². The summed E-state index contributed by atoms with van der Waals surface area (Å²) in [6.45, 7) is 0. The molecule has 5 nitrogen and oxygen atoms in total. The van der Waals surface area contributed by atoms with Crippen molar-refractivity contribution in [1.29, 1.82) is 0 Å². The van der Waals surface area contributed by atoms with E-state index in [0.29, 0.717) is 21.7 Å². The molecular weight excluding hydrogens is 454 g/mol. The van der Waals surface area contributed by atoms with E-state index in [2.05, 4.69) is 21.0 Å². The van der Waals surface area contributed by atoms with Crippen LogP contribution in [0.5, 0.6) is 5.75 Å². The van der Waals surface area contributed by atoms with Gasteiger partial charge in [-0.3, -0.25) is 4.79 Å². The Labute approximate surface area is 182 Å². The van der Waals surface area contributed by atoms with E-state index in [1.54, 1.807) is 31.5 Å². The van der Waals surface area contributed by atoms with Crippen LogP contribution in [0.1, 0.15) is 49.4 Å². The highest BCUT2D eigenvalue weighted by molar-refractivity contribution is 9.10. The number of nitrogens with zero attached hydrogens (tertiary/aromatic N) is 3. The molecule has 29 heavy (non-hydrogen) atoms. The third-order valence-electron chi connectivity index (χ3n) is 5.30. The van der Waals surface area contributed by atoms with Crippen LogP contribution in [0, 0.1) is 0 Å². The van der Waals surface area contributed by atoms with Crippen molar-refractivity contribution in [1.82, 2.24) is 9.66 Å². The van der Waals surface area contributed by atoms with Crippen molar-refractivity contribution in [2.75, 3.05) is 7.11 Å². The van der Waals surface area contributed by atoms with E-state index in [9.17, 15) is 4.79 Å². The molecule has 0 amide bonds. The lowest BCUT2D eigenvalue weighted by atomic mass is 9.88. The Hall–Kier alpha value is -2.18. The highest BCUT2D eigenvalue weighted by Gasteiger charge is 2.22. The molecule has 1 heterocycles. The highest BCUT2D eigenvalue weighted by Crippen LogP contribution is 2.32. The van der Waals surface area contributed by atoms with Crippen LogP contribution in [0.25, 0.3) is 10.9 Å². The first-order valence-corrected chi connectivity index (χ1v) is 10.8. The van der Waals surface area contributed by atoms with Gasteiger partial charge in [0.15, 0.2) is 0 Å². The first kappa shape index (κ1) is 20.1. The van der Waals surface area contributed by atoms with Crippen LogP contribution in [0.2, 0.25) is 5.02 Å². The molecule has 0 unspecified atom stereocenters. The van der Waals surface area contributed by atoms with E-state index in [4.69, 9.17) is 21.3 Å². The molecule has 0 saturated heterocycles. The molecular formula is C22H21BrClN3O2. The molecule has 7 heteroatoms. The fraction of sp³-hybridized carbons (Fsp3) is 0.318. The van der Waals surface area contributed by atoms with Crippen LogP contribution < -0.4 is 10.3 Å². The maximum Gasteiger partial charge on any atom is 0.282 e. The molecule has 1 fully saturated rings. The molecule has 150 valence electrons. The lowest BCUT2D eigenvalue weighted by Crippen LogP contribution is -2.25. The molecule has 3 aromatic rings. The van der Waals surface area contributed by atoms with E-state index in [-0.39, 0.29) is 11.5 Å². The summed E-state index contributed by atoms with van der Waals surface area (Å²) < 4.78 is 7.49. The van der Waals surface area contributed by atoms with Crippen molar-refractivity contribution < 1.29 is 4.74 Å². The number of fused-ring (bicyclic) bond motifs is 1. The van der Waals surface area contributed by atoms with Crippen molar-refractivity contribution in [3.63, 3.8) is 0 Å². The summed E-state index contributed by atoms with van der Waals surface area (Å²) >= 11 is 9.66. The molecule has 1 saturated carbocycles. The molecule has 0 atom stereocenters. The summed E-state index contributed by atoms with van der Waals surface area (Å²) in [6, 6.07) is 11.0. The van der Waals surface area contributed by atoms with Gasteiger partial charge in [-0.2, -0.15) is 9.78 Å². The molecule has 0 bridgehead atoms. The predicted octanol–water partition coefficient (Wildman–Crippen LogP) is 5.75. The van der Waals surface area contributed by atoms with E-state index in [1.807, 2.05) is 18.2 Å². The Bertz CT molecular complexity index is 1140. The second-order valence-electron chi connectivity index (χ2n) is 7.22. The number of benzene rings is 2. The summed E-state index contributed by atoms with van der Waals surface area (Å²) in [6.07, 6.45) is 7.23. The molecule has 0 spiro atoms. The smallest absolute Gasteiger partial charge is 0.282 e. The van der Waals surface area contributed by atoms with E-state index in [0.717, 1.165) is 41.5 Å². The maximum absolute atomic E-state index is 13.3. The van der Waals surface area contributed by atoms with Gasteiger partial charge in [0.05, 0.1) is 29.2 Å². The Kier molecular flexibility index (Phi) is 6.01. The molecule has 1 aliphatic rings. The van der Waals surface area contributed by atoms with Gasteiger partial charge in [-0.1, -0.05) is 46.8 Å². The third kappa shape index (κ3) is 4.23. The van der Waals surface area contributed by atoms with Crippen LogP contribution in [0.3, 0.4) is 0 Å². The summed E-state index contributed by atoms with van der Waals surface area (Å²) in [4.78, 5) is 18.1. The molecule has 0 aliphatic heterocycles. The molecule has 1 aliphatic carbocycles. The predicted molar refractivity (Wildman–Crippen MR) is 121 cm³/mol. The zero-order valence-electron chi connectivity index (χ0n) is 16.1. The van der Waals surface area contributed by atoms with Gasteiger partial charge >= 0.3 is 0 Å². The summed E-state index contributed by atoms with van der Waals surface area (Å²) in [5, 5.41) is 5.57. The lowest BCUT2D eigenvalue weighted by Gasteiger charge is -2.22. The Balaban J connectivity index is 1.83. The largest absolute Gasteiger partial charge is 0.495 e. The SMILES string of the molecule is COc1ccc(C=Nn2c(C3CCCCC3)nc3ccc(Br)cc3c2=O)cc1Cl. The zero-order valence-corrected chi connectivity index (χ0v) is 18.4. The van der Waals surface area contributed by atoms with Gasteiger partial charge in [0.1, 0.15) is 11.6 Å². The normalized spacial score (nSPS) is 15.3. The summed E-state index contributed by atoms with van der Waals surface area (Å²) in [5.74, 6) is 1.57. The fourth-order valence-electron chi connectivity index (χ4n) is 3.79. The zero-order chi connectivity index (χ0) is 20.4. The van der Waals surface area contributed by atoms with Crippen molar-refractivity contribution in [3.05, 3.63) is 67.6 Å². The molecule has 1 aromatic heterocycles. The van der Waals surface area contributed by atoms with Crippen molar-refractivity contribution in [2.24, 2.45) is 5.10 Å². The second-order valence-corrected chi connectivity index (χ2v) is 8.54. The summed E-state index contributed by atoms with van der Waals surface area (Å²) in [5.41, 5.74) is 1.33. The number of halogens is 2. The first-order chi connectivity index (χ1) is 14.1. The van der Waals surface area contributed by atoms with Crippen LogP contribution in [0.4, 0.5) is 0 Å². The van der Waals surface area contributed by atoms with Crippen LogP contribution in [-0.2, 0) is 0 Å². The van der Waals surface area contributed by atoms with Crippen molar-refractivity contribution in [3.8, 4) is 5.75 Å². The van der Waals surface area contributed by atoms with Crippen LogP contribution in [0.15, 0.2) is 50.8 Å². The average Bonchev–Trinajstić information content (AvgIpc) is 2.74. The Morgan fingerprint density at radius 1 is 1.21 bits per heavy atom. The van der Waals surface area contributed by atoms with E-state index >= 15 is 0 Å². The number of hydrogen-bond donors (Lipinski definition) is 0. The number of aromatic nitrogens is 2. The average molecular weight is 475 g/mol. The summed E-state index contributed by atoms with van der Waals surface area (Å²) in [7, 11) is 1.57. The minimum absolute atomic E-state index is 0.160. The van der Waals surface area contributed by atoms with Gasteiger partial charge in [0.25, 0.3) is 5.56 Å². The number of rotatable bonds is 4. The number of hydrogen-bond acceptors (Lipinski definition) is 4. The minimum atomic E-state index is -0.160. The maximum atomic E-state index is 13.3. The molecule has 0 N–H and O–H groups in total. The van der Waals surface area contributed by atoms with Gasteiger partial charge < -0.3 is 4.74 Å². The standard InChI is InChI=1S/C22H21BrClN3O2/c1-29-20-10-7-14(11-18(20)24)13-25-27-21(15-5-3-2-4-6-15)26-19-9-8-16(23)12-17(19)22(27)28/h7-13,15H,2-6H2,1H3. The van der Waals surface area contributed by atoms with E-state index in [1.165, 1.54) is 11.1 Å². The van der Waals surface area contributed by atoms with Crippen LogP contribution >= 0.6 is 27.5 Å². The monoisotopic (exact) mass is 473 g/mol. The van der Waals surface area contributed by atoms with Gasteiger partial charge in [-0.05, 0) is 54.8 Å². The van der Waals surface area contributed by atoms with Crippen molar-refractivity contribution >= 4 is 44.6 Å². The topological polar surface area (TPSA) is 56.5 Å². The number of methoxy groups -OCH3 is 1. The van der Waals surface area contributed by atoms with Crippen molar-refractivity contribution in [2.45, 2.75) is 38.0 Å². The number of ether oxygens (including phenoxy) is 1. The fourth-order valence-corrected chi connectivity index (χ4v) is 4.42. The quantitative estimate of drug-likeness (QED) is 0.452. The van der Waals surface area contributed by atoms with Crippen LogP contribution in [-0.4, -0.2) is 23.0 Å². The highest BCUT2D eigenvalue weighted by atomic mass is 79.9. The van der Waals surface area contributed by atoms with E-state index < -0.39 is 0 Å². The third-order valence-corrected chi connectivity index (χ3v) is 6.09. The van der Waals surface area contributed by atoms with Gasteiger partial charge in [-0.15, -0.1) is 0 Å².